The van der Waals surface area contributed by atoms with E-state index in [1.54, 1.807) is 9.13 Å². The van der Waals surface area contributed by atoms with Gasteiger partial charge >= 0.3 is 15.2 Å². The van der Waals surface area contributed by atoms with Crippen molar-refractivity contribution in [3.8, 4) is 0 Å². The van der Waals surface area contributed by atoms with Crippen molar-refractivity contribution in [2.75, 3.05) is 12.3 Å². The van der Waals surface area contributed by atoms with E-state index in [0.29, 0.717) is 11.4 Å². The highest BCUT2D eigenvalue weighted by molar-refractivity contribution is 7.54. The molecule has 0 bridgehead atoms. The van der Waals surface area contributed by atoms with E-state index < -0.39 is 15.2 Å². The largest absolute Gasteiger partial charge is 0.337 e. The Hall–Kier alpha value is -1.73. The van der Waals surface area contributed by atoms with Crippen LogP contribution in [0.25, 0.3) is 22.4 Å². The summed E-state index contributed by atoms with van der Waals surface area (Å²) >= 11 is 0. The Morgan fingerprint density at radius 3 is 1.15 bits per heavy atom. The maximum absolute atomic E-state index is 14.0. The predicted octanol–water partition coefficient (Wildman–Crippen LogP) is 8.51. The molecule has 0 radical (unpaired) electrons. The lowest BCUT2D eigenvalue weighted by atomic mass is 10.2. The summed E-state index contributed by atoms with van der Waals surface area (Å²) in [5.74, 6) is 0. The highest BCUT2D eigenvalue weighted by Gasteiger charge is 2.34. The van der Waals surface area contributed by atoms with Crippen LogP contribution in [0.5, 0.6) is 0 Å². The fourth-order valence-corrected chi connectivity index (χ4v) is 9.09. The van der Waals surface area contributed by atoms with Crippen LogP contribution in [0.2, 0.25) is 0 Å². The van der Waals surface area contributed by atoms with Crippen LogP contribution in [0, 0.1) is 5.41 Å². The van der Waals surface area contributed by atoms with Crippen LogP contribution in [0.15, 0.2) is 35.4 Å². The van der Waals surface area contributed by atoms with Gasteiger partial charge in [-0.3, -0.25) is 23.7 Å². The molecular weight excluding hydrogens is 548 g/mol. The van der Waals surface area contributed by atoms with Crippen LogP contribution in [0.4, 0.5) is 0 Å². The van der Waals surface area contributed by atoms with Crippen molar-refractivity contribution in [2.45, 2.75) is 108 Å². The number of benzene rings is 1. The molecule has 1 heterocycles. The molecule has 9 nitrogen and oxygen atoms in total. The van der Waals surface area contributed by atoms with Crippen LogP contribution < -0.4 is 5.62 Å². The van der Waals surface area contributed by atoms with E-state index in [4.69, 9.17) is 18.1 Å². The van der Waals surface area contributed by atoms with Gasteiger partial charge in [0.1, 0.15) is 0 Å². The summed E-state index contributed by atoms with van der Waals surface area (Å²) in [4.78, 5) is 0. The number of allylic oxidation sites excluding steroid dienone is 4. The lowest BCUT2D eigenvalue weighted by Crippen LogP contribution is -2.27. The van der Waals surface area contributed by atoms with Crippen molar-refractivity contribution >= 4 is 37.6 Å². The fourth-order valence-electron chi connectivity index (χ4n) is 4.47. The van der Waals surface area contributed by atoms with Gasteiger partial charge < -0.3 is 18.1 Å². The molecule has 0 saturated heterocycles. The predicted molar refractivity (Wildman–Crippen MR) is 165 cm³/mol. The Kier molecular flexibility index (Phi) is 12.0. The number of fused-ring (bicyclic) bond motifs is 1. The van der Waals surface area contributed by atoms with E-state index in [0.717, 1.165) is 22.2 Å². The first-order valence-electron chi connectivity index (χ1n) is 13.9. The number of aromatic nitrogens is 2. The standard InChI is InChI=1S/C29H49N3O6P2/c1-19(2)27(17-39(33,35-21(5)6)36-22(7)8)31-25-15-13-14-16-26(25)32(29(31)30)28(20(3)4)18-40(34,37-23(9)10)38-24(11)12/h13-16,21-24,30H,17-18H2,1-12H3. The average molecular weight is 598 g/mol. The summed E-state index contributed by atoms with van der Waals surface area (Å²) in [6, 6.07) is 7.64. The number of hydrogen-bond acceptors (Lipinski definition) is 7. The summed E-state index contributed by atoms with van der Waals surface area (Å²) in [6.07, 6.45) is -1.25. The molecule has 0 spiro atoms. The second-order valence-corrected chi connectivity index (χ2v) is 15.5. The number of nitrogens with one attached hydrogen (secondary N) is 1. The summed E-state index contributed by atoms with van der Waals surface area (Å²) in [5.41, 5.74) is 4.65. The van der Waals surface area contributed by atoms with Crippen molar-refractivity contribution in [1.29, 1.82) is 5.41 Å². The molecule has 0 aliphatic rings. The Labute approximate surface area is 240 Å². The third kappa shape index (κ3) is 8.88. The smallest absolute Gasteiger partial charge is 0.306 e. The topological polar surface area (TPSA) is 105 Å². The van der Waals surface area contributed by atoms with E-state index >= 15 is 0 Å². The number of imidazole rings is 1. The van der Waals surface area contributed by atoms with Gasteiger partial charge in [-0.15, -0.1) is 0 Å². The maximum atomic E-state index is 14.0. The van der Waals surface area contributed by atoms with Crippen LogP contribution >= 0.6 is 15.2 Å². The summed E-state index contributed by atoms with van der Waals surface area (Å²) in [7, 11) is -7.14. The minimum absolute atomic E-state index is 0.00812. The average Bonchev–Trinajstić information content (AvgIpc) is 3.04. The molecule has 226 valence electrons. The van der Waals surface area contributed by atoms with Gasteiger partial charge in [0.15, 0.2) is 0 Å². The number of para-hydroxylation sites is 2. The van der Waals surface area contributed by atoms with E-state index in [1.807, 2.05) is 107 Å². The van der Waals surface area contributed by atoms with Gasteiger partial charge in [0.2, 0.25) is 5.62 Å². The first kappa shape index (κ1) is 34.5. The van der Waals surface area contributed by atoms with Crippen molar-refractivity contribution in [2.24, 2.45) is 0 Å². The Morgan fingerprint density at radius 2 is 0.925 bits per heavy atom. The second-order valence-electron chi connectivity index (χ2n) is 11.5. The second kappa shape index (κ2) is 14.0. The molecule has 0 atom stereocenters. The molecule has 2 rings (SSSR count). The van der Waals surface area contributed by atoms with Gasteiger partial charge in [-0.1, -0.05) is 23.3 Å². The minimum atomic E-state index is -3.57. The Morgan fingerprint density at radius 1 is 0.650 bits per heavy atom. The Balaban J connectivity index is 2.84. The monoisotopic (exact) mass is 597 g/mol. The first-order chi connectivity index (χ1) is 18.4. The maximum Gasteiger partial charge on any atom is 0.337 e. The van der Waals surface area contributed by atoms with Crippen LogP contribution in [-0.4, -0.2) is 45.9 Å². The Bertz CT molecular complexity index is 1260. The molecule has 0 fully saturated rings. The van der Waals surface area contributed by atoms with Crippen LogP contribution in [-0.2, 0) is 27.2 Å². The molecule has 40 heavy (non-hydrogen) atoms. The molecule has 0 unspecified atom stereocenters. The van der Waals surface area contributed by atoms with Crippen LogP contribution in [0.1, 0.15) is 83.1 Å². The lowest BCUT2D eigenvalue weighted by molar-refractivity contribution is 0.143. The van der Waals surface area contributed by atoms with Gasteiger partial charge in [0.05, 0.1) is 47.8 Å². The van der Waals surface area contributed by atoms with Gasteiger partial charge in [-0.25, -0.2) is 0 Å². The van der Waals surface area contributed by atoms with Crippen molar-refractivity contribution < 1.29 is 27.2 Å². The quantitative estimate of drug-likeness (QED) is 0.219. The molecule has 0 saturated carbocycles. The molecule has 2 aromatic rings. The van der Waals surface area contributed by atoms with Crippen molar-refractivity contribution in [1.82, 2.24) is 9.13 Å². The fraction of sp³-hybridized carbons (Fsp3) is 0.621. The molecule has 11 heteroatoms. The van der Waals surface area contributed by atoms with Gasteiger partial charge in [-0.05, 0) is 95.2 Å². The van der Waals surface area contributed by atoms with Gasteiger partial charge in [0.25, 0.3) is 0 Å². The molecular formula is C29H49N3O6P2. The minimum Gasteiger partial charge on any atom is -0.306 e. The number of hydrogen-bond donors (Lipinski definition) is 1. The van der Waals surface area contributed by atoms with Crippen LogP contribution in [0.3, 0.4) is 0 Å². The van der Waals surface area contributed by atoms with Gasteiger partial charge in [0, 0.05) is 11.4 Å². The highest BCUT2D eigenvalue weighted by atomic mass is 31.2. The van der Waals surface area contributed by atoms with Crippen molar-refractivity contribution in [3.05, 3.63) is 41.0 Å². The third-order valence-corrected chi connectivity index (χ3v) is 10.00. The van der Waals surface area contributed by atoms with Crippen molar-refractivity contribution in [3.63, 3.8) is 0 Å². The molecule has 0 amide bonds. The van der Waals surface area contributed by atoms with E-state index in [-0.39, 0.29) is 42.4 Å². The van der Waals surface area contributed by atoms with E-state index in [1.165, 1.54) is 0 Å². The molecule has 0 aliphatic carbocycles. The molecule has 1 aromatic heterocycles. The summed E-state index contributed by atoms with van der Waals surface area (Å²) in [5, 5.41) is 9.42. The lowest BCUT2D eigenvalue weighted by Gasteiger charge is -2.25. The summed E-state index contributed by atoms with van der Waals surface area (Å²) in [6.45, 7) is 22.3. The zero-order valence-electron chi connectivity index (χ0n) is 26.3. The summed E-state index contributed by atoms with van der Waals surface area (Å²) < 4.78 is 55.0. The van der Waals surface area contributed by atoms with Gasteiger partial charge in [-0.2, -0.15) is 0 Å². The SMILES string of the molecule is CC(C)=C(CP(=O)(OC(C)C)OC(C)C)n1c(=N)n(C(CP(=O)(OC(C)C)OC(C)C)=C(C)C)c2ccccc21. The zero-order valence-corrected chi connectivity index (χ0v) is 28.1. The normalized spacial score (nSPS) is 12.8. The third-order valence-electron chi connectivity index (χ3n) is 5.65. The van der Waals surface area contributed by atoms with E-state index in [2.05, 4.69) is 0 Å². The number of nitrogens with zero attached hydrogens (tertiary/aromatic N) is 2. The first-order valence-corrected chi connectivity index (χ1v) is 17.4. The molecule has 0 aliphatic heterocycles. The zero-order chi connectivity index (χ0) is 30.6. The highest BCUT2D eigenvalue weighted by Crippen LogP contribution is 2.54. The number of rotatable bonds is 14. The molecule has 1 N–H and O–H groups in total. The van der Waals surface area contributed by atoms with E-state index in [9.17, 15) is 14.5 Å². The molecule has 1 aromatic carbocycles.